The molecule has 110 valence electrons. The van der Waals surface area contributed by atoms with Crippen LogP contribution in [0.25, 0.3) is 0 Å². The summed E-state index contributed by atoms with van der Waals surface area (Å²) in [5.41, 5.74) is 0. The van der Waals surface area contributed by atoms with Gasteiger partial charge in [-0.25, -0.2) is 8.42 Å². The summed E-state index contributed by atoms with van der Waals surface area (Å²) in [5.74, 6) is 0.985. The highest BCUT2D eigenvalue weighted by atomic mass is 32.2. The average molecular weight is 288 g/mol. The molecule has 0 bridgehead atoms. The van der Waals surface area contributed by atoms with Crippen LogP contribution in [0.2, 0.25) is 0 Å². The topological polar surface area (TPSA) is 75.3 Å². The molecular weight excluding hydrogens is 264 g/mol. The molecule has 1 amide bonds. The van der Waals surface area contributed by atoms with Crippen LogP contribution in [-0.2, 0) is 14.6 Å². The first-order chi connectivity index (χ1) is 9.05. The van der Waals surface area contributed by atoms with Crippen molar-refractivity contribution in [2.24, 2.45) is 5.92 Å². The van der Waals surface area contributed by atoms with Crippen LogP contribution in [0.3, 0.4) is 0 Å². The predicted molar refractivity (Wildman–Crippen MR) is 74.6 cm³/mol. The van der Waals surface area contributed by atoms with Crippen molar-refractivity contribution in [2.45, 2.75) is 44.6 Å². The summed E-state index contributed by atoms with van der Waals surface area (Å²) in [4.78, 5) is 11.8. The number of nitrogens with one attached hydrogen (secondary N) is 2. The van der Waals surface area contributed by atoms with Crippen LogP contribution >= 0.6 is 0 Å². The molecule has 0 saturated carbocycles. The molecule has 0 spiro atoms. The fraction of sp³-hybridized carbons (Fsp3) is 0.923. The van der Waals surface area contributed by atoms with Gasteiger partial charge in [-0.1, -0.05) is 0 Å². The molecule has 2 aliphatic heterocycles. The Kier molecular flexibility index (Phi) is 5.21. The predicted octanol–water partition coefficient (Wildman–Crippen LogP) is 0.460. The lowest BCUT2D eigenvalue weighted by molar-refractivity contribution is -0.122. The Labute approximate surface area is 115 Å². The summed E-state index contributed by atoms with van der Waals surface area (Å²) in [5, 5.41) is 6.22. The van der Waals surface area contributed by atoms with Crippen molar-refractivity contribution >= 4 is 15.7 Å². The minimum Gasteiger partial charge on any atom is -0.352 e. The molecule has 2 fully saturated rings. The van der Waals surface area contributed by atoms with Gasteiger partial charge in [0.1, 0.15) is 0 Å². The third kappa shape index (κ3) is 5.10. The standard InChI is InChI=1S/C13H24N2O3S/c16-13(6-5-11-3-1-7-14-9-11)15-12-4-2-8-19(17,18)10-12/h11-12,14H,1-10H2,(H,15,16). The van der Waals surface area contributed by atoms with Gasteiger partial charge in [-0.2, -0.15) is 0 Å². The van der Waals surface area contributed by atoms with E-state index in [1.165, 1.54) is 12.8 Å². The number of sulfone groups is 1. The largest absolute Gasteiger partial charge is 0.352 e. The quantitative estimate of drug-likeness (QED) is 0.788. The first kappa shape index (κ1) is 14.8. The Balaban J connectivity index is 1.69. The average Bonchev–Trinajstić information content (AvgIpc) is 2.36. The number of rotatable bonds is 4. The van der Waals surface area contributed by atoms with Gasteiger partial charge in [-0.15, -0.1) is 0 Å². The number of carbonyl (C=O) groups is 1. The van der Waals surface area contributed by atoms with E-state index in [2.05, 4.69) is 10.6 Å². The molecule has 2 rings (SSSR count). The van der Waals surface area contributed by atoms with Crippen molar-refractivity contribution in [3.63, 3.8) is 0 Å². The van der Waals surface area contributed by atoms with E-state index in [9.17, 15) is 13.2 Å². The van der Waals surface area contributed by atoms with E-state index in [4.69, 9.17) is 0 Å². The van der Waals surface area contributed by atoms with Gasteiger partial charge >= 0.3 is 0 Å². The smallest absolute Gasteiger partial charge is 0.220 e. The second kappa shape index (κ2) is 6.70. The summed E-state index contributed by atoms with van der Waals surface area (Å²) < 4.78 is 23.0. The lowest BCUT2D eigenvalue weighted by Gasteiger charge is -2.25. The lowest BCUT2D eigenvalue weighted by Crippen LogP contribution is -2.43. The molecule has 5 nitrogen and oxygen atoms in total. The van der Waals surface area contributed by atoms with Gasteiger partial charge in [0, 0.05) is 12.5 Å². The highest BCUT2D eigenvalue weighted by Gasteiger charge is 2.26. The van der Waals surface area contributed by atoms with E-state index < -0.39 is 9.84 Å². The Morgan fingerprint density at radius 2 is 2.11 bits per heavy atom. The van der Waals surface area contributed by atoms with Crippen molar-refractivity contribution < 1.29 is 13.2 Å². The SMILES string of the molecule is O=C(CCC1CCCNC1)NC1CCCS(=O)(=O)C1. The summed E-state index contributed by atoms with van der Waals surface area (Å²) in [6.07, 6.45) is 5.25. The van der Waals surface area contributed by atoms with Crippen LogP contribution in [0.15, 0.2) is 0 Å². The zero-order valence-electron chi connectivity index (χ0n) is 11.4. The zero-order chi connectivity index (χ0) is 13.7. The number of hydrogen-bond donors (Lipinski definition) is 2. The van der Waals surface area contributed by atoms with E-state index in [0.29, 0.717) is 18.8 Å². The van der Waals surface area contributed by atoms with Crippen LogP contribution in [-0.4, -0.2) is 45.0 Å². The van der Waals surface area contributed by atoms with Crippen molar-refractivity contribution in [3.05, 3.63) is 0 Å². The molecule has 0 aliphatic carbocycles. The maximum atomic E-state index is 11.8. The molecule has 0 radical (unpaired) electrons. The highest BCUT2D eigenvalue weighted by molar-refractivity contribution is 7.91. The van der Waals surface area contributed by atoms with Gasteiger partial charge in [0.15, 0.2) is 9.84 Å². The Bertz CT molecular complexity index is 402. The molecule has 2 unspecified atom stereocenters. The first-order valence-corrected chi connectivity index (χ1v) is 9.08. The molecule has 19 heavy (non-hydrogen) atoms. The van der Waals surface area contributed by atoms with E-state index in [-0.39, 0.29) is 23.5 Å². The van der Waals surface area contributed by atoms with Gasteiger partial charge in [0.25, 0.3) is 0 Å². The molecule has 2 aliphatic rings. The highest BCUT2D eigenvalue weighted by Crippen LogP contribution is 2.16. The maximum Gasteiger partial charge on any atom is 0.220 e. The van der Waals surface area contributed by atoms with E-state index in [1.807, 2.05) is 0 Å². The monoisotopic (exact) mass is 288 g/mol. The molecule has 2 heterocycles. The van der Waals surface area contributed by atoms with E-state index >= 15 is 0 Å². The normalized spacial score (nSPS) is 30.7. The van der Waals surface area contributed by atoms with Gasteiger partial charge in [0.05, 0.1) is 11.5 Å². The Hall–Kier alpha value is -0.620. The molecule has 2 saturated heterocycles. The first-order valence-electron chi connectivity index (χ1n) is 7.26. The fourth-order valence-electron chi connectivity index (χ4n) is 2.94. The third-order valence-electron chi connectivity index (χ3n) is 4.01. The molecule has 0 aromatic rings. The van der Waals surface area contributed by atoms with Gasteiger partial charge < -0.3 is 10.6 Å². The zero-order valence-corrected chi connectivity index (χ0v) is 12.2. The summed E-state index contributed by atoms with van der Waals surface area (Å²) >= 11 is 0. The van der Waals surface area contributed by atoms with E-state index in [0.717, 1.165) is 25.9 Å². The van der Waals surface area contributed by atoms with E-state index in [1.54, 1.807) is 0 Å². The maximum absolute atomic E-state index is 11.8. The minimum absolute atomic E-state index is 0.00711. The van der Waals surface area contributed by atoms with Crippen LogP contribution in [0.4, 0.5) is 0 Å². The molecule has 0 aromatic heterocycles. The van der Waals surface area contributed by atoms with Gasteiger partial charge in [-0.3, -0.25) is 4.79 Å². The molecular formula is C13H24N2O3S. The van der Waals surface area contributed by atoms with Crippen LogP contribution in [0, 0.1) is 5.92 Å². The number of carbonyl (C=O) groups excluding carboxylic acids is 1. The Morgan fingerprint density at radius 1 is 1.26 bits per heavy atom. The number of piperidine rings is 1. The molecule has 6 heteroatoms. The minimum atomic E-state index is -2.94. The van der Waals surface area contributed by atoms with Crippen LogP contribution in [0.1, 0.15) is 38.5 Å². The third-order valence-corrected chi connectivity index (χ3v) is 5.83. The van der Waals surface area contributed by atoms with Crippen molar-refractivity contribution in [1.29, 1.82) is 0 Å². The van der Waals surface area contributed by atoms with Crippen LogP contribution < -0.4 is 10.6 Å². The van der Waals surface area contributed by atoms with Crippen LogP contribution in [0.5, 0.6) is 0 Å². The molecule has 2 atom stereocenters. The summed E-state index contributed by atoms with van der Waals surface area (Å²) in [6, 6.07) is -0.171. The lowest BCUT2D eigenvalue weighted by atomic mass is 9.94. The second-order valence-corrected chi connectivity index (χ2v) is 8.00. The summed E-state index contributed by atoms with van der Waals surface area (Å²) in [6.45, 7) is 2.09. The van der Waals surface area contributed by atoms with Crippen molar-refractivity contribution in [3.8, 4) is 0 Å². The number of hydrogen-bond acceptors (Lipinski definition) is 4. The molecule has 0 aromatic carbocycles. The van der Waals surface area contributed by atoms with Crippen molar-refractivity contribution in [1.82, 2.24) is 10.6 Å². The second-order valence-electron chi connectivity index (χ2n) is 5.77. The Morgan fingerprint density at radius 3 is 2.79 bits per heavy atom. The van der Waals surface area contributed by atoms with Gasteiger partial charge in [0.2, 0.25) is 5.91 Å². The molecule has 2 N–H and O–H groups in total. The van der Waals surface area contributed by atoms with Gasteiger partial charge in [-0.05, 0) is 51.1 Å². The fourth-order valence-corrected chi connectivity index (χ4v) is 4.58. The van der Waals surface area contributed by atoms with Crippen molar-refractivity contribution in [2.75, 3.05) is 24.6 Å². The number of amides is 1. The summed E-state index contributed by atoms with van der Waals surface area (Å²) in [7, 11) is -2.94.